The van der Waals surface area contributed by atoms with Crippen LogP contribution in [0.1, 0.15) is 11.1 Å². The van der Waals surface area contributed by atoms with Gasteiger partial charge in [-0.25, -0.2) is 4.98 Å². The van der Waals surface area contributed by atoms with Gasteiger partial charge in [-0.2, -0.15) is 0 Å². The van der Waals surface area contributed by atoms with Crippen molar-refractivity contribution >= 4 is 39.2 Å². The minimum Gasteiger partial charge on any atom is -0.351 e. The van der Waals surface area contributed by atoms with E-state index in [-0.39, 0.29) is 17.2 Å². The van der Waals surface area contributed by atoms with Crippen molar-refractivity contribution < 1.29 is 4.79 Å². The maximum absolute atomic E-state index is 12.8. The van der Waals surface area contributed by atoms with Gasteiger partial charge in [-0.3, -0.25) is 14.2 Å². The molecule has 4 aromatic rings. The van der Waals surface area contributed by atoms with Crippen molar-refractivity contribution in [3.8, 4) is 11.1 Å². The highest BCUT2D eigenvalue weighted by Gasteiger charge is 2.16. The monoisotopic (exact) mass is 435 g/mol. The zero-order chi connectivity index (χ0) is 21.1. The highest BCUT2D eigenvalue weighted by Crippen LogP contribution is 2.32. The molecule has 0 unspecified atom stereocenters. The number of nitrogens with one attached hydrogen (secondary N) is 1. The van der Waals surface area contributed by atoms with Crippen molar-refractivity contribution in [3.63, 3.8) is 0 Å². The third-order valence-corrected chi connectivity index (χ3v) is 6.77. The first kappa shape index (κ1) is 20.4. The van der Waals surface area contributed by atoms with Gasteiger partial charge in [-0.1, -0.05) is 71.9 Å². The number of amides is 1. The fourth-order valence-electron chi connectivity index (χ4n) is 3.06. The molecule has 5 nitrogen and oxygen atoms in total. The molecule has 0 bridgehead atoms. The third-order valence-electron chi connectivity index (χ3n) is 4.79. The summed E-state index contributed by atoms with van der Waals surface area (Å²) in [4.78, 5) is 29.8. The van der Waals surface area contributed by atoms with Gasteiger partial charge in [0.15, 0.2) is 5.16 Å². The SMILES string of the molecule is Cc1ccc(CNC(=O)CSc2nc3c(-c4ccccc4)csc3c(=O)n2C)cc1. The zero-order valence-electron chi connectivity index (χ0n) is 16.7. The van der Waals surface area contributed by atoms with Crippen LogP contribution in [0.2, 0.25) is 0 Å². The Hall–Kier alpha value is -2.90. The zero-order valence-corrected chi connectivity index (χ0v) is 18.3. The minimum atomic E-state index is -0.0940. The van der Waals surface area contributed by atoms with Crippen LogP contribution in [0.4, 0.5) is 0 Å². The van der Waals surface area contributed by atoms with Crippen molar-refractivity contribution in [1.82, 2.24) is 14.9 Å². The molecule has 0 aliphatic heterocycles. The Morgan fingerprint density at radius 1 is 1.13 bits per heavy atom. The molecule has 2 aromatic heterocycles. The first-order chi connectivity index (χ1) is 14.5. The number of hydrogen-bond acceptors (Lipinski definition) is 5. The van der Waals surface area contributed by atoms with E-state index >= 15 is 0 Å². The number of aryl methyl sites for hydroxylation is 1. The second-order valence-electron chi connectivity index (χ2n) is 7.00. The smallest absolute Gasteiger partial charge is 0.271 e. The van der Waals surface area contributed by atoms with Crippen LogP contribution in [0.15, 0.2) is 69.9 Å². The predicted molar refractivity (Wildman–Crippen MR) is 124 cm³/mol. The maximum Gasteiger partial charge on any atom is 0.271 e. The lowest BCUT2D eigenvalue weighted by Gasteiger charge is -2.09. The molecule has 0 aliphatic carbocycles. The number of fused-ring (bicyclic) bond motifs is 1. The molecular weight excluding hydrogens is 414 g/mol. The van der Waals surface area contributed by atoms with Crippen molar-refractivity contribution in [2.45, 2.75) is 18.6 Å². The van der Waals surface area contributed by atoms with E-state index < -0.39 is 0 Å². The Morgan fingerprint density at radius 3 is 2.60 bits per heavy atom. The van der Waals surface area contributed by atoms with E-state index in [0.717, 1.165) is 16.7 Å². The number of carbonyl (C=O) groups is 1. The van der Waals surface area contributed by atoms with Crippen LogP contribution in [0.3, 0.4) is 0 Å². The fourth-order valence-corrected chi connectivity index (χ4v) is 4.85. The van der Waals surface area contributed by atoms with Gasteiger partial charge in [-0.15, -0.1) is 11.3 Å². The summed E-state index contributed by atoms with van der Waals surface area (Å²) in [7, 11) is 1.70. The molecule has 7 heteroatoms. The van der Waals surface area contributed by atoms with Crippen molar-refractivity contribution in [1.29, 1.82) is 0 Å². The van der Waals surface area contributed by atoms with Gasteiger partial charge in [0.05, 0.1) is 11.3 Å². The number of thiophene rings is 1. The van der Waals surface area contributed by atoms with Gasteiger partial charge in [0.25, 0.3) is 5.56 Å². The van der Waals surface area contributed by atoms with Crippen molar-refractivity contribution in [3.05, 3.63) is 81.5 Å². The van der Waals surface area contributed by atoms with Gasteiger partial charge in [0.2, 0.25) is 5.91 Å². The van der Waals surface area contributed by atoms with E-state index in [1.54, 1.807) is 7.05 Å². The van der Waals surface area contributed by atoms with E-state index in [2.05, 4.69) is 5.32 Å². The Morgan fingerprint density at radius 2 is 1.87 bits per heavy atom. The summed E-state index contributed by atoms with van der Waals surface area (Å²) in [6.07, 6.45) is 0. The molecule has 4 rings (SSSR count). The largest absolute Gasteiger partial charge is 0.351 e. The first-order valence-electron chi connectivity index (χ1n) is 9.51. The Balaban J connectivity index is 1.51. The summed E-state index contributed by atoms with van der Waals surface area (Å²) in [5.41, 5.74) is 4.81. The fraction of sp³-hybridized carbons (Fsp3) is 0.174. The van der Waals surface area contributed by atoms with Crippen LogP contribution < -0.4 is 10.9 Å². The molecule has 2 aromatic carbocycles. The molecule has 1 N–H and O–H groups in total. The molecule has 152 valence electrons. The molecule has 1 amide bonds. The standard InChI is InChI=1S/C23H21N3O2S2/c1-15-8-10-16(11-9-15)12-24-19(27)14-30-23-25-20-18(17-6-4-3-5-7-17)13-29-21(20)22(28)26(23)2/h3-11,13H,12,14H2,1-2H3,(H,24,27). The Kier molecular flexibility index (Phi) is 6.01. The summed E-state index contributed by atoms with van der Waals surface area (Å²) in [5, 5.41) is 5.42. The number of nitrogens with zero attached hydrogens (tertiary/aromatic N) is 2. The quantitative estimate of drug-likeness (QED) is 0.361. The predicted octanol–water partition coefficient (Wildman–Crippen LogP) is 4.38. The van der Waals surface area contributed by atoms with Gasteiger partial charge in [0, 0.05) is 24.5 Å². The van der Waals surface area contributed by atoms with Gasteiger partial charge in [0.1, 0.15) is 4.70 Å². The summed E-state index contributed by atoms with van der Waals surface area (Å²) >= 11 is 2.68. The molecule has 0 atom stereocenters. The lowest BCUT2D eigenvalue weighted by molar-refractivity contribution is -0.118. The van der Waals surface area contributed by atoms with E-state index in [1.165, 1.54) is 33.2 Å². The number of benzene rings is 2. The first-order valence-corrected chi connectivity index (χ1v) is 11.4. The van der Waals surface area contributed by atoms with Crippen LogP contribution in [0, 0.1) is 6.92 Å². The molecule has 0 aliphatic rings. The van der Waals surface area contributed by atoms with Crippen LogP contribution in [0.5, 0.6) is 0 Å². The molecular formula is C23H21N3O2S2. The average molecular weight is 436 g/mol. The molecule has 2 heterocycles. The van der Waals surface area contributed by atoms with Gasteiger partial charge in [-0.05, 0) is 18.1 Å². The van der Waals surface area contributed by atoms with Crippen LogP contribution in [-0.2, 0) is 18.4 Å². The van der Waals surface area contributed by atoms with Gasteiger partial charge < -0.3 is 5.32 Å². The number of thioether (sulfide) groups is 1. The van der Waals surface area contributed by atoms with Crippen LogP contribution in [-0.4, -0.2) is 21.2 Å². The number of rotatable bonds is 6. The second-order valence-corrected chi connectivity index (χ2v) is 8.82. The maximum atomic E-state index is 12.8. The summed E-state index contributed by atoms with van der Waals surface area (Å²) in [5.74, 6) is 0.103. The number of hydrogen-bond donors (Lipinski definition) is 1. The van der Waals surface area contributed by atoms with E-state index in [4.69, 9.17) is 4.98 Å². The number of carbonyl (C=O) groups excluding carboxylic acids is 1. The summed E-state index contributed by atoms with van der Waals surface area (Å²) in [6.45, 7) is 2.51. The summed E-state index contributed by atoms with van der Waals surface area (Å²) < 4.78 is 2.15. The van der Waals surface area contributed by atoms with E-state index in [0.29, 0.717) is 21.9 Å². The molecule has 0 spiro atoms. The lowest BCUT2D eigenvalue weighted by atomic mass is 10.1. The Bertz CT molecular complexity index is 1250. The van der Waals surface area contributed by atoms with E-state index in [9.17, 15) is 9.59 Å². The van der Waals surface area contributed by atoms with Gasteiger partial charge >= 0.3 is 0 Å². The normalized spacial score (nSPS) is 11.0. The third kappa shape index (κ3) is 4.32. The highest BCUT2D eigenvalue weighted by atomic mass is 32.2. The van der Waals surface area contributed by atoms with Crippen molar-refractivity contribution in [2.24, 2.45) is 7.05 Å². The highest BCUT2D eigenvalue weighted by molar-refractivity contribution is 7.99. The number of aromatic nitrogens is 2. The summed E-state index contributed by atoms with van der Waals surface area (Å²) in [6, 6.07) is 18.0. The van der Waals surface area contributed by atoms with Crippen LogP contribution >= 0.6 is 23.1 Å². The molecule has 30 heavy (non-hydrogen) atoms. The average Bonchev–Trinajstić information content (AvgIpc) is 3.19. The van der Waals surface area contributed by atoms with Crippen molar-refractivity contribution in [2.75, 3.05) is 5.75 Å². The lowest BCUT2D eigenvalue weighted by Crippen LogP contribution is -2.25. The minimum absolute atomic E-state index is 0.0882. The second kappa shape index (κ2) is 8.85. The molecule has 0 saturated carbocycles. The molecule has 0 fully saturated rings. The van der Waals surface area contributed by atoms with E-state index in [1.807, 2.05) is 66.9 Å². The molecule has 0 radical (unpaired) electrons. The van der Waals surface area contributed by atoms with Crippen LogP contribution in [0.25, 0.3) is 21.3 Å². The Labute approximate surface area is 182 Å². The topological polar surface area (TPSA) is 64.0 Å². The molecule has 0 saturated heterocycles.